The molecule has 0 saturated carbocycles. The number of nitrogens with two attached hydrogens (primary N) is 4. The van der Waals surface area contributed by atoms with Gasteiger partial charge < -0.3 is 38.7 Å². The highest BCUT2D eigenvalue weighted by Crippen LogP contribution is 2.03. The second kappa shape index (κ2) is 12.3. The van der Waals surface area contributed by atoms with Crippen molar-refractivity contribution < 1.29 is 20.9 Å². The predicted octanol–water partition coefficient (Wildman–Crippen LogP) is -2.83. The van der Waals surface area contributed by atoms with Gasteiger partial charge in [-0.15, -0.1) is 0 Å². The molecule has 0 aromatic carbocycles. The summed E-state index contributed by atoms with van der Waals surface area (Å²) in [6.45, 7) is -0.0954. The summed E-state index contributed by atoms with van der Waals surface area (Å²) < 4.78 is 7.04. The van der Waals surface area contributed by atoms with Gasteiger partial charge in [-0.1, -0.05) is 0 Å². The minimum absolute atomic E-state index is 0.0992. The van der Waals surface area contributed by atoms with Crippen LogP contribution >= 0.6 is 0 Å². The monoisotopic (exact) mass is 373 g/mol. The molecule has 0 bridgehead atoms. The zero-order valence-electron chi connectivity index (χ0n) is 15.5. The Morgan fingerprint density at radius 1 is 0.962 bits per heavy atom. The van der Waals surface area contributed by atoms with Crippen LogP contribution in [-0.4, -0.2) is 60.0 Å². The van der Waals surface area contributed by atoms with Gasteiger partial charge in [0.25, 0.3) is 0 Å². The maximum atomic E-state index is 12.4. The smallest absolute Gasteiger partial charge is 0.326 e. The van der Waals surface area contributed by atoms with Crippen LogP contribution in [0.1, 0.15) is 34.0 Å². The van der Waals surface area contributed by atoms with Gasteiger partial charge in [0, 0.05) is 21.4 Å². The Bertz CT molecular complexity index is 561. The lowest BCUT2D eigenvalue weighted by molar-refractivity contribution is -0.142. The summed E-state index contributed by atoms with van der Waals surface area (Å²) in [5.41, 5.74) is 20.8. The number of hydrogen-bond acceptors (Lipinski definition) is 5. The zero-order valence-corrected chi connectivity index (χ0v) is 14.5. The highest BCUT2D eigenvalue weighted by Gasteiger charge is 2.25. The maximum Gasteiger partial charge on any atom is 0.326 e. The number of carboxylic acid groups (broad SMARTS) is 1. The first kappa shape index (κ1) is 21.0. The molecule has 0 aliphatic carbocycles. The molecule has 0 heterocycles. The van der Waals surface area contributed by atoms with Gasteiger partial charge in [0.1, 0.15) is 12.1 Å². The fraction of sp³-hybridized carbons (Fsp3) is 0.643. The third-order valence-corrected chi connectivity index (χ3v) is 3.16. The molecule has 148 valence electrons. The van der Waals surface area contributed by atoms with Crippen LogP contribution in [0.2, 0.25) is 0 Å². The number of aliphatic imine (C=N–C) groups is 2. The number of hydrogen-bond donors (Lipinski definition) is 7. The molecule has 11 N–H and O–H groups in total. The number of carbonyl (C=O) groups excluding carboxylic acids is 2. The van der Waals surface area contributed by atoms with Crippen molar-refractivity contribution >= 4 is 29.7 Å². The Hall–Kier alpha value is -3.05. The lowest BCUT2D eigenvalue weighted by Gasteiger charge is -2.20. The third-order valence-electron chi connectivity index (χ3n) is 3.16. The predicted molar refractivity (Wildman–Crippen MR) is 97.0 cm³/mol. The fourth-order valence-electron chi connectivity index (χ4n) is 2.00. The number of carboxylic acids is 1. The average molecular weight is 373 g/mol. The third kappa shape index (κ3) is 11.5. The van der Waals surface area contributed by atoms with E-state index in [4.69, 9.17) is 24.3 Å². The summed E-state index contributed by atoms with van der Waals surface area (Å²) in [6.07, 6.45) is 0.986. The van der Waals surface area contributed by atoms with E-state index in [-0.39, 0.29) is 37.9 Å². The quantitative estimate of drug-likeness (QED) is 0.107. The van der Waals surface area contributed by atoms with Crippen LogP contribution < -0.4 is 33.6 Å². The molecule has 0 radical (unpaired) electrons. The van der Waals surface area contributed by atoms with E-state index in [0.29, 0.717) is 12.8 Å². The van der Waals surface area contributed by atoms with Crippen molar-refractivity contribution in [3.05, 3.63) is 0 Å². The number of nitrogens with zero attached hydrogens (tertiary/aromatic N) is 2. The molecule has 0 unspecified atom stereocenters. The Balaban J connectivity index is 4.82. The molecule has 0 aliphatic heterocycles. The molecule has 0 saturated heterocycles. The largest absolute Gasteiger partial charge is 0.480 e. The topological polar surface area (TPSA) is 224 Å². The van der Waals surface area contributed by atoms with E-state index < -0.39 is 36.8 Å². The molecule has 12 heteroatoms. The Kier molecular flexibility index (Phi) is 9.96. The normalized spacial score (nSPS) is 12.8. The summed E-state index contributed by atoms with van der Waals surface area (Å²) >= 11 is 0. The number of aliphatic carboxylic acids is 1. The number of amides is 2. The van der Waals surface area contributed by atoms with Crippen LogP contribution in [0.3, 0.4) is 0 Å². The van der Waals surface area contributed by atoms with E-state index in [0.717, 1.165) is 0 Å². The molecule has 0 aromatic rings. The lowest BCUT2D eigenvalue weighted by atomic mass is 10.1. The standard InChI is InChI=1S/C14H28N8O4/c1-8(23)21-9(4-2-6-19-13(15)16)11(24)22-10(12(25)26)5-3-7-20-14(17)18/h9-10H,2-7H2,1H3,(H,21,23)(H,22,24)(H,25,26)(H4,15,16,19)(H4,17,18,20)/t9-,10-/m0/s1/i1D. The number of guanidine groups is 2. The summed E-state index contributed by atoms with van der Waals surface area (Å²) in [6, 6.07) is -2.17. The van der Waals surface area contributed by atoms with E-state index in [9.17, 15) is 19.5 Å². The van der Waals surface area contributed by atoms with Gasteiger partial charge in [0.2, 0.25) is 11.8 Å². The molecule has 26 heavy (non-hydrogen) atoms. The van der Waals surface area contributed by atoms with Gasteiger partial charge in [-0.2, -0.15) is 0 Å². The molecular formula is C14H28N8O4. The van der Waals surface area contributed by atoms with E-state index >= 15 is 0 Å². The first-order valence-electron chi connectivity index (χ1n) is 8.60. The minimum atomic E-state index is -1.22. The fourth-order valence-corrected chi connectivity index (χ4v) is 2.00. The molecule has 0 fully saturated rings. The van der Waals surface area contributed by atoms with Crippen molar-refractivity contribution in [2.24, 2.45) is 32.9 Å². The summed E-state index contributed by atoms with van der Waals surface area (Å²) in [4.78, 5) is 42.7. The van der Waals surface area contributed by atoms with E-state index in [1.807, 2.05) is 0 Å². The minimum Gasteiger partial charge on any atom is -0.480 e. The van der Waals surface area contributed by atoms with Crippen LogP contribution in [0.5, 0.6) is 0 Å². The van der Waals surface area contributed by atoms with Crippen molar-refractivity contribution in [2.75, 3.05) is 13.1 Å². The maximum absolute atomic E-state index is 12.4. The van der Waals surface area contributed by atoms with Crippen molar-refractivity contribution in [3.8, 4) is 0 Å². The number of rotatable bonds is 12. The van der Waals surface area contributed by atoms with Crippen molar-refractivity contribution in [3.63, 3.8) is 0 Å². The molecule has 2 atom stereocenters. The van der Waals surface area contributed by atoms with Crippen molar-refractivity contribution in [1.29, 1.82) is 0 Å². The van der Waals surface area contributed by atoms with Crippen molar-refractivity contribution in [1.82, 2.24) is 10.6 Å². The van der Waals surface area contributed by atoms with Gasteiger partial charge in [0.05, 0.1) is 0 Å². The highest BCUT2D eigenvalue weighted by atomic mass is 16.4. The molecule has 2 amide bonds. The van der Waals surface area contributed by atoms with E-state index in [1.165, 1.54) is 0 Å². The molecular weight excluding hydrogens is 344 g/mol. The van der Waals surface area contributed by atoms with Gasteiger partial charge in [0.15, 0.2) is 11.9 Å². The van der Waals surface area contributed by atoms with Gasteiger partial charge in [-0.05, 0) is 25.7 Å². The van der Waals surface area contributed by atoms with Crippen LogP contribution in [0.25, 0.3) is 0 Å². The van der Waals surface area contributed by atoms with Gasteiger partial charge in [-0.3, -0.25) is 19.6 Å². The van der Waals surface area contributed by atoms with Crippen LogP contribution in [0.15, 0.2) is 9.98 Å². The highest BCUT2D eigenvalue weighted by molar-refractivity contribution is 5.89. The molecule has 0 rings (SSSR count). The SMILES string of the molecule is [2H]CC(=O)N[C@@H](CCCN=C(N)N)C(=O)N[C@@H](CCCN=C(N)N)C(=O)O. The summed E-state index contributed by atoms with van der Waals surface area (Å²) in [5.74, 6) is -2.76. The number of carbonyl (C=O) groups is 3. The average Bonchev–Trinajstić information content (AvgIpc) is 2.58. The van der Waals surface area contributed by atoms with Crippen molar-refractivity contribution in [2.45, 2.75) is 44.7 Å². The van der Waals surface area contributed by atoms with Crippen LogP contribution in [-0.2, 0) is 14.4 Å². The van der Waals surface area contributed by atoms with Gasteiger partial charge >= 0.3 is 5.97 Å². The van der Waals surface area contributed by atoms with Crippen LogP contribution in [0.4, 0.5) is 0 Å². The Morgan fingerprint density at radius 3 is 1.88 bits per heavy atom. The van der Waals surface area contributed by atoms with E-state index in [1.54, 1.807) is 0 Å². The van der Waals surface area contributed by atoms with E-state index in [2.05, 4.69) is 20.6 Å². The molecule has 12 nitrogen and oxygen atoms in total. The first-order chi connectivity index (χ1) is 12.7. The molecule has 0 aliphatic rings. The molecule has 0 aromatic heterocycles. The molecule has 0 spiro atoms. The summed E-state index contributed by atoms with van der Waals surface area (Å²) in [7, 11) is 0. The Morgan fingerprint density at radius 2 is 1.46 bits per heavy atom. The lowest BCUT2D eigenvalue weighted by Crippen LogP contribution is -2.51. The Labute approximate surface area is 152 Å². The number of nitrogens with one attached hydrogen (secondary N) is 2. The first-order valence-corrected chi connectivity index (χ1v) is 7.90. The van der Waals surface area contributed by atoms with Gasteiger partial charge in [-0.25, -0.2) is 4.79 Å². The second-order valence-electron chi connectivity index (χ2n) is 5.42. The van der Waals surface area contributed by atoms with Crippen LogP contribution in [0, 0.1) is 0 Å². The zero-order chi connectivity index (χ0) is 20.8. The second-order valence-corrected chi connectivity index (χ2v) is 5.42. The summed E-state index contributed by atoms with van der Waals surface area (Å²) in [5, 5.41) is 14.0.